The fourth-order valence-electron chi connectivity index (χ4n) is 7.96. The number of halogens is 2. The maximum absolute atomic E-state index is 13.6. The summed E-state index contributed by atoms with van der Waals surface area (Å²) in [6, 6.07) is 24.4. The molecule has 1 N–H and O–H groups in total. The number of unbranched alkanes of at least 4 members (excludes halogenated alkanes) is 4. The third-order valence-corrected chi connectivity index (χ3v) is 12.6. The lowest BCUT2D eigenvalue weighted by Gasteiger charge is -2.39. The zero-order chi connectivity index (χ0) is 45.2. The van der Waals surface area contributed by atoms with Crippen molar-refractivity contribution in [3.8, 4) is 0 Å². The van der Waals surface area contributed by atoms with Crippen molar-refractivity contribution >= 4 is 49.8 Å². The fraction of sp³-hybridized carbons (Fsp3) is 0.510. The van der Waals surface area contributed by atoms with E-state index in [0.717, 1.165) is 65.3 Å². The number of nitrogens with zero attached hydrogens (tertiary/aromatic N) is 5. The van der Waals surface area contributed by atoms with Crippen molar-refractivity contribution < 1.29 is 19.1 Å². The topological polar surface area (TPSA) is 108 Å². The van der Waals surface area contributed by atoms with E-state index in [2.05, 4.69) is 79.2 Å². The van der Waals surface area contributed by atoms with Gasteiger partial charge in [-0.05, 0) is 144 Å². The number of benzene rings is 2. The molecule has 0 saturated carbocycles. The van der Waals surface area contributed by atoms with E-state index >= 15 is 0 Å². The molecule has 4 aromatic rings. The minimum atomic E-state index is -0.522. The number of piperidine rings is 2. The van der Waals surface area contributed by atoms with Crippen molar-refractivity contribution in [3.63, 3.8) is 0 Å². The van der Waals surface area contributed by atoms with Gasteiger partial charge in [-0.15, -0.1) is 0 Å². The summed E-state index contributed by atoms with van der Waals surface area (Å²) in [7, 11) is 0. The normalized spacial score (nSPS) is 14.7. The maximum atomic E-state index is 13.6. The van der Waals surface area contributed by atoms with Crippen molar-refractivity contribution in [3.05, 3.63) is 128 Å². The summed E-state index contributed by atoms with van der Waals surface area (Å²) in [5.41, 5.74) is 5.09. The zero-order valence-corrected chi connectivity index (χ0v) is 41.3. The van der Waals surface area contributed by atoms with Crippen LogP contribution in [-0.2, 0) is 30.7 Å². The Bertz CT molecular complexity index is 1990. The molecule has 10 nitrogen and oxygen atoms in total. The first kappa shape index (κ1) is 49.9. The molecular formula is C51H68Br2N6O4. The summed E-state index contributed by atoms with van der Waals surface area (Å²) in [4.78, 5) is 54.2. The average Bonchev–Trinajstić information content (AvgIpc) is 3.29. The standard InChI is InChI=1S/C28H38BrN3O3.C23H30BrN3O/c1-5-6-7-8-21-11-14-25(30-19-21)26(33)32(20-22-9-12-23(29)13-10-22)24-15-17-31(18-16-24)27(34)35-28(2,3)4;1-2-3-4-5-18-8-11-22(26-16-18)23(28)27(21-12-14-25-15-13-21)17-19-6-9-20(24)10-7-19/h9-14,19,24H,5-8,15-18,20H2,1-4H3;6-11,16,21,25H,2-5,12-15,17H2,1H3. The molecule has 2 saturated heterocycles. The lowest BCUT2D eigenvalue weighted by Crippen LogP contribution is -2.49. The minimum Gasteiger partial charge on any atom is -0.444 e. The summed E-state index contributed by atoms with van der Waals surface area (Å²) in [5, 5.41) is 3.39. The molecule has 0 unspecified atom stereocenters. The van der Waals surface area contributed by atoms with Gasteiger partial charge in [0.25, 0.3) is 11.8 Å². The van der Waals surface area contributed by atoms with E-state index in [9.17, 15) is 14.4 Å². The molecule has 0 bridgehead atoms. The number of hydrogen-bond acceptors (Lipinski definition) is 7. The van der Waals surface area contributed by atoms with E-state index < -0.39 is 5.60 Å². The Hall–Kier alpha value is -4.13. The number of ether oxygens (including phenoxy) is 1. The molecule has 2 aliphatic heterocycles. The molecule has 2 aromatic carbocycles. The maximum Gasteiger partial charge on any atom is 0.410 e. The average molecular weight is 989 g/mol. The Morgan fingerprint density at radius 1 is 0.635 bits per heavy atom. The summed E-state index contributed by atoms with van der Waals surface area (Å²) in [6.45, 7) is 14.2. The Kier molecular flexibility index (Phi) is 20.1. The van der Waals surface area contributed by atoms with Gasteiger partial charge in [-0.25, -0.2) is 4.79 Å². The Balaban J connectivity index is 0.000000243. The van der Waals surface area contributed by atoms with Crippen LogP contribution in [0.15, 0.2) is 94.1 Å². The van der Waals surface area contributed by atoms with E-state index in [4.69, 9.17) is 4.74 Å². The molecule has 0 aliphatic carbocycles. The third-order valence-electron chi connectivity index (χ3n) is 11.6. The number of pyridine rings is 2. The van der Waals surface area contributed by atoms with Crippen LogP contribution < -0.4 is 5.32 Å². The summed E-state index contributed by atoms with van der Waals surface area (Å²) in [6.07, 6.45) is 16.0. The highest BCUT2D eigenvalue weighted by atomic mass is 79.9. The fourth-order valence-corrected chi connectivity index (χ4v) is 8.49. The highest BCUT2D eigenvalue weighted by Gasteiger charge is 2.33. The van der Waals surface area contributed by atoms with Crippen molar-refractivity contribution in [1.29, 1.82) is 0 Å². The molecule has 2 aliphatic rings. The number of aryl methyl sites for hydroxylation is 2. The Morgan fingerprint density at radius 3 is 1.43 bits per heavy atom. The molecular weight excluding hydrogens is 920 g/mol. The number of carbonyl (C=O) groups is 3. The second-order valence-corrected chi connectivity index (χ2v) is 19.6. The van der Waals surface area contributed by atoms with Crippen LogP contribution in [0.2, 0.25) is 0 Å². The van der Waals surface area contributed by atoms with Gasteiger partial charge in [0.05, 0.1) is 0 Å². The zero-order valence-electron chi connectivity index (χ0n) is 38.1. The second-order valence-electron chi connectivity index (χ2n) is 17.8. The first-order chi connectivity index (χ1) is 30.3. The second kappa shape index (κ2) is 25.4. The summed E-state index contributed by atoms with van der Waals surface area (Å²) >= 11 is 6.97. The predicted octanol–water partition coefficient (Wildman–Crippen LogP) is 11.6. The van der Waals surface area contributed by atoms with Crippen molar-refractivity contribution in [2.45, 2.75) is 142 Å². The molecule has 2 fully saturated rings. The van der Waals surface area contributed by atoms with Crippen molar-refractivity contribution in [2.75, 3.05) is 26.2 Å². The van der Waals surface area contributed by atoms with Gasteiger partial charge < -0.3 is 24.8 Å². The number of rotatable bonds is 16. The van der Waals surface area contributed by atoms with E-state index in [1.165, 1.54) is 43.2 Å². The van der Waals surface area contributed by atoms with Crippen LogP contribution in [0.1, 0.15) is 142 Å². The van der Waals surface area contributed by atoms with Gasteiger partial charge in [0.15, 0.2) is 0 Å². The molecule has 6 rings (SSSR count). The largest absolute Gasteiger partial charge is 0.444 e. The van der Waals surface area contributed by atoms with Gasteiger partial charge in [-0.3, -0.25) is 19.6 Å². The summed E-state index contributed by atoms with van der Waals surface area (Å²) in [5.74, 6) is -0.0290. The van der Waals surface area contributed by atoms with E-state index in [0.29, 0.717) is 50.4 Å². The SMILES string of the molecule is CCCCCc1ccc(C(=O)N(Cc2ccc(Br)cc2)C2CCN(C(=O)OC(C)(C)C)CC2)nc1.CCCCCc1ccc(C(=O)N(Cc2ccc(Br)cc2)C2CCNCC2)nc1. The van der Waals surface area contributed by atoms with Crippen molar-refractivity contribution in [1.82, 2.24) is 30.0 Å². The first-order valence-corrected chi connectivity index (χ1v) is 24.6. The van der Waals surface area contributed by atoms with Crippen LogP contribution >= 0.6 is 31.9 Å². The Morgan fingerprint density at radius 2 is 1.05 bits per heavy atom. The smallest absolute Gasteiger partial charge is 0.410 e. The van der Waals surface area contributed by atoms with Crippen LogP contribution in [0.3, 0.4) is 0 Å². The van der Waals surface area contributed by atoms with Gasteiger partial charge >= 0.3 is 6.09 Å². The van der Waals surface area contributed by atoms with Crippen molar-refractivity contribution in [2.24, 2.45) is 0 Å². The quantitative estimate of drug-likeness (QED) is 0.111. The van der Waals surface area contributed by atoms with Gasteiger partial charge in [0.1, 0.15) is 17.0 Å². The van der Waals surface area contributed by atoms with Crippen LogP contribution in [0.25, 0.3) is 0 Å². The highest BCUT2D eigenvalue weighted by Crippen LogP contribution is 2.25. The molecule has 0 radical (unpaired) electrons. The van der Waals surface area contributed by atoms with Crippen LogP contribution in [0, 0.1) is 0 Å². The van der Waals surface area contributed by atoms with E-state index in [-0.39, 0.29) is 30.0 Å². The molecule has 3 amide bonds. The first-order valence-electron chi connectivity index (χ1n) is 23.0. The number of carbonyl (C=O) groups excluding carboxylic acids is 3. The number of likely N-dealkylation sites (tertiary alicyclic amines) is 1. The van der Waals surface area contributed by atoms with Crippen LogP contribution in [0.4, 0.5) is 4.79 Å². The molecule has 340 valence electrons. The van der Waals surface area contributed by atoms with Gasteiger partial charge in [-0.2, -0.15) is 0 Å². The number of aromatic nitrogens is 2. The van der Waals surface area contributed by atoms with E-state index in [1.54, 1.807) is 4.90 Å². The molecule has 12 heteroatoms. The predicted molar refractivity (Wildman–Crippen MR) is 260 cm³/mol. The van der Waals surface area contributed by atoms with Gasteiger partial charge in [-0.1, -0.05) is 108 Å². The lowest BCUT2D eigenvalue weighted by molar-refractivity contribution is 0.0141. The number of hydrogen-bond donors (Lipinski definition) is 1. The Labute approximate surface area is 393 Å². The third kappa shape index (κ3) is 16.4. The van der Waals surface area contributed by atoms with Gasteiger partial charge in [0.2, 0.25) is 0 Å². The van der Waals surface area contributed by atoms with Crippen LogP contribution in [0.5, 0.6) is 0 Å². The molecule has 0 spiro atoms. The molecule has 4 heterocycles. The van der Waals surface area contributed by atoms with Crippen LogP contribution in [-0.4, -0.2) is 86.4 Å². The van der Waals surface area contributed by atoms with E-state index in [1.807, 2.05) is 97.6 Å². The summed E-state index contributed by atoms with van der Waals surface area (Å²) < 4.78 is 7.59. The molecule has 0 atom stereocenters. The molecule has 63 heavy (non-hydrogen) atoms. The highest BCUT2D eigenvalue weighted by molar-refractivity contribution is 9.10. The number of amides is 3. The minimum absolute atomic E-state index is 0.0239. The van der Waals surface area contributed by atoms with Gasteiger partial charge in [0, 0.05) is 59.6 Å². The lowest BCUT2D eigenvalue weighted by atomic mass is 10.0. The molecule has 2 aromatic heterocycles. The number of nitrogens with one attached hydrogen (secondary N) is 1. The monoisotopic (exact) mass is 986 g/mol.